The molecule has 1 aromatic carbocycles. The van der Waals surface area contributed by atoms with Crippen LogP contribution in [0.1, 0.15) is 24.9 Å². The number of amides is 1. The number of halogens is 1. The molecule has 1 aromatic rings. The molecule has 2 unspecified atom stereocenters. The first-order valence-electron chi connectivity index (χ1n) is 5.94. The van der Waals surface area contributed by atoms with E-state index in [2.05, 4.69) is 21.2 Å². The molecule has 2 atom stereocenters. The van der Waals surface area contributed by atoms with Gasteiger partial charge in [0.25, 0.3) is 0 Å². The summed E-state index contributed by atoms with van der Waals surface area (Å²) in [6.07, 6.45) is 0.575. The minimum atomic E-state index is -0.871. The molecule has 0 aromatic heterocycles. The highest BCUT2D eigenvalue weighted by Crippen LogP contribution is 2.20. The van der Waals surface area contributed by atoms with Crippen LogP contribution in [0.15, 0.2) is 28.7 Å². The van der Waals surface area contributed by atoms with Gasteiger partial charge in [-0.25, -0.2) is 0 Å². The van der Waals surface area contributed by atoms with Crippen LogP contribution in [0.3, 0.4) is 0 Å². The summed E-state index contributed by atoms with van der Waals surface area (Å²) in [6.45, 7) is 2.79. The molecule has 1 saturated heterocycles. The molecule has 18 heavy (non-hydrogen) atoms. The minimum Gasteiger partial charge on any atom is -0.379 e. The van der Waals surface area contributed by atoms with Gasteiger partial charge in [-0.05, 0) is 31.0 Å². The first-order chi connectivity index (χ1) is 8.51. The lowest BCUT2D eigenvalue weighted by atomic mass is 9.98. The molecule has 2 rings (SSSR count). The Hall–Kier alpha value is -0.910. The average molecular weight is 313 g/mol. The second-order valence-electron chi connectivity index (χ2n) is 4.71. The van der Waals surface area contributed by atoms with Gasteiger partial charge in [0.1, 0.15) is 5.54 Å². The summed E-state index contributed by atoms with van der Waals surface area (Å²) in [7, 11) is 0. The second-order valence-corrected chi connectivity index (χ2v) is 5.62. The summed E-state index contributed by atoms with van der Waals surface area (Å²) < 4.78 is 6.21. The van der Waals surface area contributed by atoms with Crippen molar-refractivity contribution in [3.63, 3.8) is 0 Å². The zero-order chi connectivity index (χ0) is 13.2. The van der Waals surface area contributed by atoms with Crippen LogP contribution in [0.2, 0.25) is 0 Å². The predicted molar refractivity (Wildman–Crippen MR) is 73.1 cm³/mol. The second kappa shape index (κ2) is 5.38. The molecule has 0 saturated carbocycles. The fourth-order valence-corrected chi connectivity index (χ4v) is 2.20. The van der Waals surface area contributed by atoms with Crippen molar-refractivity contribution in [2.45, 2.75) is 24.9 Å². The molecule has 1 aliphatic heterocycles. The summed E-state index contributed by atoms with van der Waals surface area (Å²) in [5.41, 5.74) is 6.19. The molecule has 0 spiro atoms. The van der Waals surface area contributed by atoms with Gasteiger partial charge in [0.05, 0.1) is 12.6 Å². The molecule has 0 bridgehead atoms. The van der Waals surface area contributed by atoms with E-state index in [4.69, 9.17) is 10.5 Å². The molecule has 4 nitrogen and oxygen atoms in total. The van der Waals surface area contributed by atoms with Gasteiger partial charge in [0.2, 0.25) is 5.91 Å². The van der Waals surface area contributed by atoms with Gasteiger partial charge < -0.3 is 15.8 Å². The number of hydrogen-bond donors (Lipinski definition) is 2. The van der Waals surface area contributed by atoms with E-state index in [-0.39, 0.29) is 11.9 Å². The molecule has 1 heterocycles. The highest BCUT2D eigenvalue weighted by atomic mass is 79.9. The number of ether oxygens (including phenoxy) is 1. The van der Waals surface area contributed by atoms with E-state index in [1.165, 1.54) is 0 Å². The van der Waals surface area contributed by atoms with E-state index in [1.807, 2.05) is 31.2 Å². The zero-order valence-corrected chi connectivity index (χ0v) is 11.9. The molecule has 1 aliphatic rings. The van der Waals surface area contributed by atoms with Gasteiger partial charge >= 0.3 is 0 Å². The van der Waals surface area contributed by atoms with E-state index >= 15 is 0 Å². The van der Waals surface area contributed by atoms with Crippen LogP contribution in [0.5, 0.6) is 0 Å². The van der Waals surface area contributed by atoms with Crippen molar-refractivity contribution in [2.75, 3.05) is 13.2 Å². The Labute approximate surface area is 115 Å². The molecular weight excluding hydrogens is 296 g/mol. The van der Waals surface area contributed by atoms with Crippen LogP contribution in [-0.4, -0.2) is 24.7 Å². The Morgan fingerprint density at radius 3 is 2.72 bits per heavy atom. The van der Waals surface area contributed by atoms with Crippen molar-refractivity contribution in [1.29, 1.82) is 0 Å². The number of hydrogen-bond acceptors (Lipinski definition) is 3. The summed E-state index contributed by atoms with van der Waals surface area (Å²) in [5.74, 6) is -0.143. The summed E-state index contributed by atoms with van der Waals surface area (Å²) in [5, 5.41) is 2.94. The Kier molecular flexibility index (Phi) is 4.04. The predicted octanol–water partition coefficient (Wildman–Crippen LogP) is 1.74. The third-order valence-electron chi connectivity index (χ3n) is 3.22. The standard InChI is InChI=1S/C13H17BrN2O2/c1-9(10-2-4-11(14)5-3-10)16-12(17)13(15)6-7-18-8-13/h2-5,9H,6-8,15H2,1H3,(H,16,17). The van der Waals surface area contributed by atoms with Crippen LogP contribution in [0, 0.1) is 0 Å². The normalized spacial score (nSPS) is 24.8. The van der Waals surface area contributed by atoms with E-state index in [0.717, 1.165) is 10.0 Å². The molecule has 1 fully saturated rings. The van der Waals surface area contributed by atoms with Gasteiger partial charge in [0, 0.05) is 11.1 Å². The smallest absolute Gasteiger partial charge is 0.243 e. The Morgan fingerprint density at radius 2 is 2.17 bits per heavy atom. The van der Waals surface area contributed by atoms with E-state index in [9.17, 15) is 4.79 Å². The Bertz CT molecular complexity index is 427. The first-order valence-corrected chi connectivity index (χ1v) is 6.74. The molecule has 0 aliphatic carbocycles. The largest absolute Gasteiger partial charge is 0.379 e. The van der Waals surface area contributed by atoms with Crippen molar-refractivity contribution < 1.29 is 9.53 Å². The Morgan fingerprint density at radius 1 is 1.50 bits per heavy atom. The van der Waals surface area contributed by atoms with Crippen LogP contribution in [0.25, 0.3) is 0 Å². The number of carbonyl (C=O) groups excluding carboxylic acids is 1. The maximum atomic E-state index is 12.1. The van der Waals surface area contributed by atoms with Gasteiger partial charge in [-0.1, -0.05) is 28.1 Å². The fraction of sp³-hybridized carbons (Fsp3) is 0.462. The topological polar surface area (TPSA) is 64.4 Å². The number of nitrogens with one attached hydrogen (secondary N) is 1. The number of benzene rings is 1. The summed E-state index contributed by atoms with van der Waals surface area (Å²) >= 11 is 3.38. The molecule has 3 N–H and O–H groups in total. The van der Waals surface area contributed by atoms with Crippen molar-refractivity contribution in [3.8, 4) is 0 Å². The average Bonchev–Trinajstić information content (AvgIpc) is 2.78. The van der Waals surface area contributed by atoms with Gasteiger partial charge in [0.15, 0.2) is 0 Å². The highest BCUT2D eigenvalue weighted by molar-refractivity contribution is 9.10. The van der Waals surface area contributed by atoms with Crippen molar-refractivity contribution in [2.24, 2.45) is 5.73 Å². The maximum absolute atomic E-state index is 12.1. The van der Waals surface area contributed by atoms with Crippen molar-refractivity contribution >= 4 is 21.8 Å². The SMILES string of the molecule is CC(NC(=O)C1(N)CCOC1)c1ccc(Br)cc1. The Balaban J connectivity index is 2.00. The van der Waals surface area contributed by atoms with Crippen LogP contribution >= 0.6 is 15.9 Å². The lowest BCUT2D eigenvalue weighted by Gasteiger charge is -2.24. The maximum Gasteiger partial charge on any atom is 0.243 e. The van der Waals surface area contributed by atoms with E-state index in [1.54, 1.807) is 0 Å². The minimum absolute atomic E-state index is 0.0633. The fourth-order valence-electron chi connectivity index (χ4n) is 1.93. The third kappa shape index (κ3) is 2.91. The van der Waals surface area contributed by atoms with E-state index < -0.39 is 5.54 Å². The third-order valence-corrected chi connectivity index (χ3v) is 3.75. The van der Waals surface area contributed by atoms with Crippen LogP contribution < -0.4 is 11.1 Å². The zero-order valence-electron chi connectivity index (χ0n) is 10.3. The summed E-state index contributed by atoms with van der Waals surface area (Å²) in [4.78, 5) is 12.1. The van der Waals surface area contributed by atoms with Gasteiger partial charge in [-0.2, -0.15) is 0 Å². The highest BCUT2D eigenvalue weighted by Gasteiger charge is 2.38. The number of nitrogens with two attached hydrogens (primary N) is 1. The van der Waals surface area contributed by atoms with Gasteiger partial charge in [-0.3, -0.25) is 4.79 Å². The molecule has 5 heteroatoms. The van der Waals surface area contributed by atoms with Crippen LogP contribution in [-0.2, 0) is 9.53 Å². The van der Waals surface area contributed by atoms with Crippen molar-refractivity contribution in [1.82, 2.24) is 5.32 Å². The number of carbonyl (C=O) groups is 1. The number of rotatable bonds is 3. The monoisotopic (exact) mass is 312 g/mol. The lowest BCUT2D eigenvalue weighted by molar-refractivity contribution is -0.127. The van der Waals surface area contributed by atoms with Crippen molar-refractivity contribution in [3.05, 3.63) is 34.3 Å². The molecular formula is C13H17BrN2O2. The quantitative estimate of drug-likeness (QED) is 0.893. The molecule has 0 radical (unpaired) electrons. The first kappa shape index (κ1) is 13.5. The molecule has 1 amide bonds. The summed E-state index contributed by atoms with van der Waals surface area (Å²) in [6, 6.07) is 7.79. The van der Waals surface area contributed by atoms with E-state index in [0.29, 0.717) is 19.6 Å². The molecule has 98 valence electrons. The van der Waals surface area contributed by atoms with Gasteiger partial charge in [-0.15, -0.1) is 0 Å². The van der Waals surface area contributed by atoms with Crippen LogP contribution in [0.4, 0.5) is 0 Å². The lowest BCUT2D eigenvalue weighted by Crippen LogP contribution is -2.54.